The standard InChI is InChI=1S/C45H46N2O11.C44H44N2O10.C21H24N2O4/c1-51-22-21-46-42(48)27-55-33-18-15-30(40(24-33)53-3)25-57-43(49)28-56-31-16-13-29(14-17-31)44(38-20-19-32(52-2)23-41(38)54-4)47-45(50)58-26-39-36-11-7-5-9-34(36)35-10-6-8-12-37(35)39;1-50-23-22-45-41(47)27-53-31-16-12-29(13-17-31)25-55-42(48)28-54-32-18-14-30(15-19-32)43(38-21-20-33(51-2)24-40(38)52-3)46-44(49)56-26-39-36-10-6-4-8-34(36)35-9-5-7-11-37(35)39;1-26-13-12-22-20(24)10-11-23-21(25)27-14-19-17-8-4-2-6-15(17)16-7-3-5-9-18(16)19/h5-20,23-24,39,44H,21-22,25-28H2,1-4H3,(H,46,48)(H,47,50);4-21,24,39,43H,22-23,25-28H2,1-3H3,(H,45,47)(H,46,49);2-9,19H,10-14H2,1H3,(H,22,24)(H,23,25). The fourth-order valence-corrected chi connectivity index (χ4v) is 16.4. The fourth-order valence-electron chi connectivity index (χ4n) is 16.4. The third-order valence-corrected chi connectivity index (χ3v) is 23.4. The van der Waals surface area contributed by atoms with Crippen molar-refractivity contribution in [1.29, 1.82) is 0 Å². The van der Waals surface area contributed by atoms with Crippen LogP contribution in [0, 0.1) is 0 Å². The molecule has 734 valence electrons. The predicted molar refractivity (Wildman–Crippen MR) is 525 cm³/mol. The zero-order chi connectivity index (χ0) is 99.2. The highest BCUT2D eigenvalue weighted by Gasteiger charge is 2.34. The summed E-state index contributed by atoms with van der Waals surface area (Å²) in [6.45, 7) is 2.33. The van der Waals surface area contributed by atoms with Gasteiger partial charge in [0.15, 0.2) is 26.4 Å². The van der Waals surface area contributed by atoms with Gasteiger partial charge in [-0.3, -0.25) is 14.4 Å². The Kier molecular flexibility index (Phi) is 38.0. The number of carbonyl (C=O) groups is 8. The van der Waals surface area contributed by atoms with Crippen LogP contribution in [-0.2, 0) is 75.1 Å². The summed E-state index contributed by atoms with van der Waals surface area (Å²) in [6, 6.07) is 84.2. The monoisotopic (exact) mass is 1920 g/mol. The number of alkyl carbamates (subject to hydrolysis) is 3. The Morgan fingerprint density at radius 1 is 0.284 bits per heavy atom. The molecule has 6 amide bonds. The molecule has 31 nitrogen and oxygen atoms in total. The van der Waals surface area contributed by atoms with Crippen LogP contribution in [0.1, 0.15) is 103 Å². The third kappa shape index (κ3) is 28.3. The van der Waals surface area contributed by atoms with E-state index in [0.717, 1.165) is 55.6 Å². The first-order chi connectivity index (χ1) is 68.9. The molecular formula is C110H114N6O25. The van der Waals surface area contributed by atoms with Crippen LogP contribution in [0.15, 0.2) is 273 Å². The SMILES string of the molecule is COCCNC(=O)CCNC(=O)OCC1c2ccccc2-c2ccccc21.COCCNC(=O)COc1ccc(COC(=O)COc2ccc(C(NC(=O)OCC3c4ccccc4-c4ccccc43)c3ccc(OC)cc3OC)cc2)c(OC)c1.COCCNC(=O)COc1ccc(COC(=O)COc2ccc(C(NC(=O)OCC3c4ccccc4-c4ccccc43)c3ccc(OC)cc3OC)cc2)cc1. The summed E-state index contributed by atoms with van der Waals surface area (Å²) in [5.41, 5.74) is 17.9. The van der Waals surface area contributed by atoms with Gasteiger partial charge in [-0.2, -0.15) is 0 Å². The van der Waals surface area contributed by atoms with Gasteiger partial charge in [0.05, 0.1) is 67.5 Å². The van der Waals surface area contributed by atoms with E-state index in [9.17, 15) is 38.4 Å². The van der Waals surface area contributed by atoms with Gasteiger partial charge in [-0.15, -0.1) is 0 Å². The number of hydrogen-bond donors (Lipinski definition) is 6. The molecule has 0 aliphatic heterocycles. The molecule has 6 N–H and O–H groups in total. The maximum absolute atomic E-state index is 13.6. The molecule has 12 aromatic carbocycles. The van der Waals surface area contributed by atoms with Gasteiger partial charge in [-0.05, 0) is 156 Å². The number of benzene rings is 12. The predicted octanol–water partition coefficient (Wildman–Crippen LogP) is 15.9. The van der Waals surface area contributed by atoms with Crippen molar-refractivity contribution in [2.45, 2.75) is 49.5 Å². The minimum Gasteiger partial charge on any atom is -0.497 e. The van der Waals surface area contributed by atoms with Crippen LogP contribution in [0.4, 0.5) is 14.4 Å². The molecule has 0 saturated heterocycles. The highest BCUT2D eigenvalue weighted by molar-refractivity contribution is 5.83. The van der Waals surface area contributed by atoms with E-state index < -0.39 is 42.3 Å². The third-order valence-electron chi connectivity index (χ3n) is 23.4. The van der Waals surface area contributed by atoms with Crippen LogP contribution in [0.5, 0.6) is 51.7 Å². The molecule has 0 aromatic heterocycles. The zero-order valence-electron chi connectivity index (χ0n) is 79.6. The van der Waals surface area contributed by atoms with Gasteiger partial charge in [-0.25, -0.2) is 24.0 Å². The van der Waals surface area contributed by atoms with Crippen molar-refractivity contribution in [2.75, 3.05) is 149 Å². The van der Waals surface area contributed by atoms with Gasteiger partial charge in [0, 0.05) is 107 Å². The molecule has 31 heteroatoms. The highest BCUT2D eigenvalue weighted by Crippen LogP contribution is 2.48. The van der Waals surface area contributed by atoms with Gasteiger partial charge in [0.1, 0.15) is 84.8 Å². The van der Waals surface area contributed by atoms with E-state index in [1.807, 2.05) is 84.9 Å². The van der Waals surface area contributed by atoms with E-state index in [1.54, 1.807) is 165 Å². The lowest BCUT2D eigenvalue weighted by Crippen LogP contribution is -2.32. The smallest absolute Gasteiger partial charge is 0.407 e. The van der Waals surface area contributed by atoms with E-state index in [0.29, 0.717) is 113 Å². The van der Waals surface area contributed by atoms with Gasteiger partial charge < -0.3 is 112 Å². The van der Waals surface area contributed by atoms with Crippen molar-refractivity contribution >= 4 is 47.9 Å². The van der Waals surface area contributed by atoms with E-state index in [-0.39, 0.29) is 108 Å². The Bertz CT molecular complexity index is 6080. The van der Waals surface area contributed by atoms with Crippen LogP contribution in [-0.4, -0.2) is 197 Å². The number of carbonyl (C=O) groups excluding carboxylic acids is 8. The summed E-state index contributed by atoms with van der Waals surface area (Å²) in [6.07, 6.45) is -1.51. The first-order valence-corrected chi connectivity index (χ1v) is 45.7. The second kappa shape index (κ2) is 52.4. The topological polar surface area (TPSA) is 366 Å². The largest absolute Gasteiger partial charge is 0.497 e. The molecule has 0 saturated carbocycles. The van der Waals surface area contributed by atoms with Gasteiger partial charge in [0.25, 0.3) is 11.8 Å². The average Bonchev–Trinajstić information content (AvgIpc) is 1.66. The highest BCUT2D eigenvalue weighted by atomic mass is 16.6. The molecule has 12 aromatic rings. The van der Waals surface area contributed by atoms with E-state index >= 15 is 0 Å². The van der Waals surface area contributed by atoms with E-state index in [2.05, 4.69) is 105 Å². The van der Waals surface area contributed by atoms with E-state index in [1.165, 1.54) is 29.4 Å². The summed E-state index contributed by atoms with van der Waals surface area (Å²) in [7, 11) is 12.4. The summed E-state index contributed by atoms with van der Waals surface area (Å²) in [5, 5.41) is 16.7. The van der Waals surface area contributed by atoms with Gasteiger partial charge >= 0.3 is 30.2 Å². The minimum absolute atomic E-state index is 0.0282. The molecule has 0 bridgehead atoms. The molecule has 0 heterocycles. The van der Waals surface area contributed by atoms with Crippen LogP contribution in [0.2, 0.25) is 0 Å². The maximum atomic E-state index is 13.6. The van der Waals surface area contributed by atoms with E-state index in [4.69, 9.17) is 80.5 Å². The van der Waals surface area contributed by atoms with Crippen molar-refractivity contribution in [3.05, 3.63) is 340 Å². The molecule has 2 unspecified atom stereocenters. The van der Waals surface area contributed by atoms with Gasteiger partial charge in [-0.1, -0.05) is 182 Å². The molecule has 141 heavy (non-hydrogen) atoms. The number of amides is 6. The fraction of sp³-hybridized carbons (Fsp3) is 0.273. The number of fused-ring (bicyclic) bond motifs is 9. The summed E-state index contributed by atoms with van der Waals surface area (Å²) in [5.74, 6) is 2.41. The molecular weight excluding hydrogens is 1810 g/mol. The summed E-state index contributed by atoms with van der Waals surface area (Å²) in [4.78, 5) is 99.6. The molecule has 3 aliphatic rings. The molecule has 2 atom stereocenters. The number of esters is 2. The van der Waals surface area contributed by atoms with Crippen LogP contribution < -0.4 is 74.5 Å². The molecule has 0 spiro atoms. The Balaban J connectivity index is 0.000000189. The Morgan fingerprint density at radius 2 is 0.603 bits per heavy atom. The van der Waals surface area contributed by atoms with Crippen molar-refractivity contribution in [1.82, 2.24) is 31.9 Å². The second-order valence-electron chi connectivity index (χ2n) is 32.3. The van der Waals surface area contributed by atoms with Crippen molar-refractivity contribution in [2.24, 2.45) is 0 Å². The number of methoxy groups -OCH3 is 8. The molecule has 0 fully saturated rings. The van der Waals surface area contributed by atoms with Crippen molar-refractivity contribution < 1.29 is 119 Å². The Hall–Kier alpha value is -16.1. The second-order valence-corrected chi connectivity index (χ2v) is 32.3. The number of ether oxygens (including phenoxy) is 17. The minimum atomic E-state index is -0.680. The number of hydrogen-bond acceptors (Lipinski definition) is 25. The first-order valence-electron chi connectivity index (χ1n) is 45.7. The normalized spacial score (nSPS) is 12.1. The summed E-state index contributed by atoms with van der Waals surface area (Å²) < 4.78 is 92.9. The molecule has 3 aliphatic carbocycles. The number of rotatable bonds is 45. The zero-order valence-corrected chi connectivity index (χ0v) is 79.6. The molecule has 0 radical (unpaired) electrons. The Morgan fingerprint density at radius 3 is 0.972 bits per heavy atom. The lowest BCUT2D eigenvalue weighted by Gasteiger charge is -2.23. The van der Waals surface area contributed by atoms with Crippen molar-refractivity contribution in [3.8, 4) is 85.1 Å². The summed E-state index contributed by atoms with van der Waals surface area (Å²) >= 11 is 0. The quantitative estimate of drug-likeness (QED) is 0.0117. The lowest BCUT2D eigenvalue weighted by atomic mass is 9.97. The molecule has 15 rings (SSSR count). The van der Waals surface area contributed by atoms with Crippen molar-refractivity contribution in [3.63, 3.8) is 0 Å². The first kappa shape index (κ1) is 102. The maximum Gasteiger partial charge on any atom is 0.407 e. The van der Waals surface area contributed by atoms with Gasteiger partial charge in [0.2, 0.25) is 5.91 Å². The number of nitrogens with one attached hydrogen (secondary N) is 6. The average molecular weight is 1920 g/mol. The van der Waals surface area contributed by atoms with Crippen LogP contribution in [0.25, 0.3) is 33.4 Å². The lowest BCUT2D eigenvalue weighted by molar-refractivity contribution is -0.148. The van der Waals surface area contributed by atoms with Crippen LogP contribution >= 0.6 is 0 Å². The van der Waals surface area contributed by atoms with Crippen LogP contribution in [0.3, 0.4) is 0 Å². The Labute approximate surface area is 817 Å².